The van der Waals surface area contributed by atoms with Gasteiger partial charge in [-0.15, -0.1) is 22.7 Å². The third kappa shape index (κ3) is 1.37. The van der Waals surface area contributed by atoms with Gasteiger partial charge in [0.2, 0.25) is 0 Å². The van der Waals surface area contributed by atoms with Crippen LogP contribution in [0.4, 0.5) is 0 Å². The van der Waals surface area contributed by atoms with Crippen LogP contribution in [0.3, 0.4) is 0 Å². The molecule has 0 fully saturated rings. The Labute approximate surface area is 81.8 Å². The van der Waals surface area contributed by atoms with E-state index in [-0.39, 0.29) is 4.21 Å². The number of rotatable bonds is 1. The van der Waals surface area contributed by atoms with E-state index in [2.05, 4.69) is 0 Å². The lowest BCUT2D eigenvalue weighted by Gasteiger charge is -1.83. The summed E-state index contributed by atoms with van der Waals surface area (Å²) in [4.78, 5) is 0. The van der Waals surface area contributed by atoms with E-state index >= 15 is 0 Å². The standard InChI is InChI=1S/C6H3ClO2S3/c7-12(8,9)6-3-5-4(11-6)1-2-10-5/h1-3H. The molecule has 2 aromatic rings. The highest BCUT2D eigenvalue weighted by Gasteiger charge is 2.14. The molecule has 0 spiro atoms. The Balaban J connectivity index is 2.75. The number of thiophene rings is 2. The second-order valence-corrected chi connectivity index (χ2v) is 6.98. The van der Waals surface area contributed by atoms with Gasteiger partial charge >= 0.3 is 0 Å². The van der Waals surface area contributed by atoms with Gasteiger partial charge in [0.1, 0.15) is 4.21 Å². The number of halogens is 1. The van der Waals surface area contributed by atoms with E-state index in [1.54, 1.807) is 6.07 Å². The van der Waals surface area contributed by atoms with Crippen LogP contribution in [0.15, 0.2) is 21.7 Å². The zero-order valence-corrected chi connectivity index (χ0v) is 8.86. The fourth-order valence-corrected chi connectivity index (χ4v) is 4.12. The number of hydrogen-bond acceptors (Lipinski definition) is 4. The summed E-state index contributed by atoms with van der Waals surface area (Å²) >= 11 is 2.71. The van der Waals surface area contributed by atoms with Crippen molar-refractivity contribution in [2.45, 2.75) is 4.21 Å². The largest absolute Gasteiger partial charge is 0.270 e. The zero-order valence-electron chi connectivity index (χ0n) is 5.65. The van der Waals surface area contributed by atoms with Crippen molar-refractivity contribution >= 4 is 51.8 Å². The molecule has 6 heteroatoms. The minimum absolute atomic E-state index is 0.228. The number of hydrogen-bond donors (Lipinski definition) is 0. The molecule has 0 aliphatic rings. The molecule has 2 heterocycles. The Morgan fingerprint density at radius 3 is 2.67 bits per heavy atom. The molecule has 2 aromatic heterocycles. The summed E-state index contributed by atoms with van der Waals surface area (Å²) in [5, 5.41) is 1.92. The van der Waals surface area contributed by atoms with E-state index in [9.17, 15) is 8.42 Å². The lowest BCUT2D eigenvalue weighted by atomic mass is 10.5. The van der Waals surface area contributed by atoms with E-state index in [0.29, 0.717) is 0 Å². The molecule has 0 unspecified atom stereocenters. The maximum Gasteiger partial charge on any atom is 0.270 e. The highest BCUT2D eigenvalue weighted by atomic mass is 35.7. The van der Waals surface area contributed by atoms with E-state index in [0.717, 1.165) is 9.40 Å². The van der Waals surface area contributed by atoms with Crippen molar-refractivity contribution < 1.29 is 8.42 Å². The lowest BCUT2D eigenvalue weighted by molar-refractivity contribution is 0.611. The van der Waals surface area contributed by atoms with Gasteiger partial charge in [-0.3, -0.25) is 0 Å². The summed E-state index contributed by atoms with van der Waals surface area (Å²) in [6.07, 6.45) is 0. The van der Waals surface area contributed by atoms with Gasteiger partial charge in [-0.2, -0.15) is 0 Å². The van der Waals surface area contributed by atoms with Gasteiger partial charge in [-0.25, -0.2) is 8.42 Å². The Bertz CT molecular complexity index is 479. The predicted molar refractivity (Wildman–Crippen MR) is 52.7 cm³/mol. The Hall–Kier alpha value is -0.100. The van der Waals surface area contributed by atoms with Crippen LogP contribution in [0, 0.1) is 0 Å². The molecule has 64 valence electrons. The Kier molecular flexibility index (Phi) is 1.91. The molecule has 0 aliphatic heterocycles. The quantitative estimate of drug-likeness (QED) is 0.716. The van der Waals surface area contributed by atoms with Crippen LogP contribution < -0.4 is 0 Å². The topological polar surface area (TPSA) is 34.1 Å². The molecule has 2 rings (SSSR count). The first kappa shape index (κ1) is 8.50. The van der Waals surface area contributed by atoms with Crippen molar-refractivity contribution in [1.29, 1.82) is 0 Å². The molecule has 2 nitrogen and oxygen atoms in total. The zero-order chi connectivity index (χ0) is 8.77. The molecule has 0 saturated heterocycles. The van der Waals surface area contributed by atoms with Gasteiger partial charge in [0.05, 0.1) is 0 Å². The summed E-state index contributed by atoms with van der Waals surface area (Å²) in [6.45, 7) is 0. The van der Waals surface area contributed by atoms with E-state index < -0.39 is 9.05 Å². The van der Waals surface area contributed by atoms with Crippen molar-refractivity contribution in [2.75, 3.05) is 0 Å². The Morgan fingerprint density at radius 2 is 2.08 bits per heavy atom. The highest BCUT2D eigenvalue weighted by molar-refractivity contribution is 8.15. The minimum Gasteiger partial charge on any atom is -0.206 e. The maximum atomic E-state index is 10.9. The van der Waals surface area contributed by atoms with Gasteiger partial charge < -0.3 is 0 Å². The highest BCUT2D eigenvalue weighted by Crippen LogP contribution is 2.33. The molecule has 0 radical (unpaired) electrons. The molecular formula is C6H3ClO2S3. The first-order valence-electron chi connectivity index (χ1n) is 2.99. The lowest BCUT2D eigenvalue weighted by Crippen LogP contribution is -1.83. The molecule has 12 heavy (non-hydrogen) atoms. The van der Waals surface area contributed by atoms with Gasteiger partial charge in [-0.1, -0.05) is 0 Å². The molecule has 0 N–H and O–H groups in total. The van der Waals surface area contributed by atoms with Crippen molar-refractivity contribution in [3.05, 3.63) is 17.5 Å². The van der Waals surface area contributed by atoms with E-state index in [1.165, 1.54) is 22.7 Å². The molecule has 0 amide bonds. The molecule has 0 aliphatic carbocycles. The molecule has 0 bridgehead atoms. The van der Waals surface area contributed by atoms with Crippen molar-refractivity contribution in [3.8, 4) is 0 Å². The summed E-state index contributed by atoms with van der Waals surface area (Å²) in [5.74, 6) is 0. The van der Waals surface area contributed by atoms with Crippen LogP contribution in [-0.4, -0.2) is 8.42 Å². The molecule has 0 aromatic carbocycles. The smallest absolute Gasteiger partial charge is 0.206 e. The second-order valence-electron chi connectivity index (χ2n) is 2.15. The second kappa shape index (κ2) is 2.70. The van der Waals surface area contributed by atoms with Crippen LogP contribution in [0.5, 0.6) is 0 Å². The average Bonchev–Trinajstić information content (AvgIpc) is 2.37. The maximum absolute atomic E-state index is 10.9. The molecule has 0 atom stereocenters. The minimum atomic E-state index is -3.54. The van der Waals surface area contributed by atoms with Crippen LogP contribution >= 0.6 is 33.4 Å². The van der Waals surface area contributed by atoms with Crippen LogP contribution in [0.25, 0.3) is 9.40 Å². The fraction of sp³-hybridized carbons (Fsp3) is 0. The first-order valence-corrected chi connectivity index (χ1v) is 6.99. The van der Waals surface area contributed by atoms with E-state index in [4.69, 9.17) is 10.7 Å². The van der Waals surface area contributed by atoms with Gasteiger partial charge in [0.15, 0.2) is 0 Å². The third-order valence-electron chi connectivity index (χ3n) is 1.36. The first-order chi connectivity index (χ1) is 5.57. The summed E-state index contributed by atoms with van der Waals surface area (Å²) in [5.41, 5.74) is 0. The molecule has 0 saturated carbocycles. The number of fused-ring (bicyclic) bond motifs is 1. The normalized spacial score (nSPS) is 12.4. The van der Waals surface area contributed by atoms with Gasteiger partial charge in [-0.05, 0) is 17.5 Å². The van der Waals surface area contributed by atoms with Gasteiger partial charge in [0.25, 0.3) is 9.05 Å². The fourth-order valence-electron chi connectivity index (χ4n) is 0.864. The van der Waals surface area contributed by atoms with Crippen LogP contribution in [0.1, 0.15) is 0 Å². The SMILES string of the molecule is O=S(=O)(Cl)c1cc2sccc2s1. The molecular weight excluding hydrogens is 236 g/mol. The van der Waals surface area contributed by atoms with Crippen molar-refractivity contribution in [3.63, 3.8) is 0 Å². The van der Waals surface area contributed by atoms with Crippen molar-refractivity contribution in [2.24, 2.45) is 0 Å². The van der Waals surface area contributed by atoms with Crippen LogP contribution in [-0.2, 0) is 9.05 Å². The van der Waals surface area contributed by atoms with Crippen molar-refractivity contribution in [1.82, 2.24) is 0 Å². The monoisotopic (exact) mass is 238 g/mol. The summed E-state index contributed by atoms with van der Waals surface area (Å²) < 4.78 is 23.9. The average molecular weight is 239 g/mol. The van der Waals surface area contributed by atoms with E-state index in [1.807, 2.05) is 11.4 Å². The Morgan fingerprint density at radius 1 is 1.33 bits per heavy atom. The van der Waals surface area contributed by atoms with Crippen LogP contribution in [0.2, 0.25) is 0 Å². The third-order valence-corrected chi connectivity index (χ3v) is 5.52. The summed E-state index contributed by atoms with van der Waals surface area (Å²) in [7, 11) is 1.64. The predicted octanol–water partition coefficient (Wildman–Crippen LogP) is 2.89. The van der Waals surface area contributed by atoms with Gasteiger partial charge in [0, 0.05) is 20.1 Å². The summed E-state index contributed by atoms with van der Waals surface area (Å²) in [6, 6.07) is 3.49.